The van der Waals surface area contributed by atoms with E-state index in [1.54, 1.807) is 18.2 Å². The fourth-order valence-electron chi connectivity index (χ4n) is 1.25. The lowest BCUT2D eigenvalue weighted by molar-refractivity contribution is -0.133. The van der Waals surface area contributed by atoms with Gasteiger partial charge in [-0.15, -0.1) is 10.2 Å². The predicted molar refractivity (Wildman–Crippen MR) is 85.4 cm³/mol. The van der Waals surface area contributed by atoms with E-state index in [0.29, 0.717) is 24.5 Å². The minimum absolute atomic E-state index is 0.104. The highest BCUT2D eigenvalue weighted by Gasteiger charge is 2.12. The van der Waals surface area contributed by atoms with Gasteiger partial charge in [-0.2, -0.15) is 0 Å². The molecule has 0 atom stereocenters. The summed E-state index contributed by atoms with van der Waals surface area (Å²) < 4.78 is 1.09. The zero-order valence-corrected chi connectivity index (χ0v) is 14.1. The molecule has 0 spiro atoms. The first-order valence-corrected chi connectivity index (χ1v) is 8.37. The first-order valence-electron chi connectivity index (χ1n) is 5.40. The number of carbonyl (C=O) groups excluding carboxylic acids is 1. The van der Waals surface area contributed by atoms with Crippen molar-refractivity contribution < 1.29 is 14.7 Å². The number of amides is 1. The molecule has 0 aliphatic rings. The lowest BCUT2D eigenvalue weighted by Gasteiger charge is -2.02. The van der Waals surface area contributed by atoms with Crippen LogP contribution in [0.3, 0.4) is 0 Å². The summed E-state index contributed by atoms with van der Waals surface area (Å²) in [5.74, 6) is -1.39. The maximum Gasteiger partial charge on any atom is 0.313 e. The first-order chi connectivity index (χ1) is 9.95. The van der Waals surface area contributed by atoms with Gasteiger partial charge in [-0.25, -0.2) is 0 Å². The Kier molecular flexibility index (Phi) is 5.57. The molecule has 2 N–H and O–H groups in total. The number of rotatable bonds is 5. The zero-order chi connectivity index (χ0) is 15.4. The quantitative estimate of drug-likeness (QED) is 0.582. The third kappa shape index (κ3) is 4.67. The van der Waals surface area contributed by atoms with Gasteiger partial charge in [0.15, 0.2) is 4.34 Å². The first kappa shape index (κ1) is 16.2. The average molecular weight is 409 g/mol. The van der Waals surface area contributed by atoms with Crippen molar-refractivity contribution in [2.45, 2.75) is 4.34 Å². The average Bonchev–Trinajstić information content (AvgIpc) is 2.87. The van der Waals surface area contributed by atoms with Gasteiger partial charge < -0.3 is 5.11 Å². The van der Waals surface area contributed by atoms with E-state index in [-0.39, 0.29) is 11.7 Å². The van der Waals surface area contributed by atoms with E-state index in [0.717, 1.165) is 23.1 Å². The van der Waals surface area contributed by atoms with E-state index < -0.39 is 5.97 Å². The van der Waals surface area contributed by atoms with Crippen molar-refractivity contribution in [1.82, 2.24) is 10.2 Å². The lowest BCUT2D eigenvalue weighted by atomic mass is 10.2. The van der Waals surface area contributed by atoms with Gasteiger partial charge in [0.1, 0.15) is 0 Å². The molecule has 0 bridgehead atoms. The number of carboxylic acids is 1. The number of nitrogens with one attached hydrogen (secondary N) is 1. The number of benzene rings is 1. The Balaban J connectivity index is 2.02. The van der Waals surface area contributed by atoms with E-state index in [1.165, 1.54) is 0 Å². The number of hydrogen-bond donors (Lipinski definition) is 2. The standard InChI is InChI=1S/C11H7BrClN3O3S2/c12-6-3-5(1-2-7(6)13)9(19)14-10-15-16-11(21-10)20-4-8(17)18/h1-3H,4H2,(H,17,18)(H,14,15,19). The van der Waals surface area contributed by atoms with Gasteiger partial charge in [0.05, 0.1) is 10.8 Å². The van der Waals surface area contributed by atoms with E-state index in [2.05, 4.69) is 31.4 Å². The molecule has 0 unspecified atom stereocenters. The summed E-state index contributed by atoms with van der Waals surface area (Å²) >= 11 is 11.3. The summed E-state index contributed by atoms with van der Waals surface area (Å²) in [5, 5.41) is 19.6. The Morgan fingerprint density at radius 2 is 2.19 bits per heavy atom. The Morgan fingerprint density at radius 3 is 2.86 bits per heavy atom. The van der Waals surface area contributed by atoms with Gasteiger partial charge in [-0.05, 0) is 34.1 Å². The van der Waals surface area contributed by atoms with Crippen LogP contribution in [0.15, 0.2) is 27.0 Å². The number of aromatic nitrogens is 2. The molecule has 6 nitrogen and oxygen atoms in total. The van der Waals surface area contributed by atoms with E-state index in [4.69, 9.17) is 16.7 Å². The third-order valence-corrected chi connectivity index (χ3v) is 5.30. The highest BCUT2D eigenvalue weighted by atomic mass is 79.9. The van der Waals surface area contributed by atoms with Crippen LogP contribution < -0.4 is 5.32 Å². The second-order valence-electron chi connectivity index (χ2n) is 3.64. The van der Waals surface area contributed by atoms with E-state index in [9.17, 15) is 9.59 Å². The van der Waals surface area contributed by atoms with E-state index >= 15 is 0 Å². The van der Waals surface area contributed by atoms with Gasteiger partial charge in [-0.3, -0.25) is 14.9 Å². The Morgan fingerprint density at radius 1 is 1.43 bits per heavy atom. The third-order valence-electron chi connectivity index (χ3n) is 2.13. The predicted octanol–water partition coefficient (Wildman–Crippen LogP) is 3.38. The fourth-order valence-corrected chi connectivity index (χ4v) is 3.21. The Bertz CT molecular complexity index is 695. The van der Waals surface area contributed by atoms with Crippen molar-refractivity contribution in [2.75, 3.05) is 11.1 Å². The summed E-state index contributed by atoms with van der Waals surface area (Å²) in [5.41, 5.74) is 0.418. The number of thioether (sulfide) groups is 1. The lowest BCUT2D eigenvalue weighted by Crippen LogP contribution is -2.11. The maximum absolute atomic E-state index is 12.0. The summed E-state index contributed by atoms with van der Waals surface area (Å²) in [7, 11) is 0. The van der Waals surface area contributed by atoms with Crippen LogP contribution >= 0.6 is 50.6 Å². The highest BCUT2D eigenvalue weighted by molar-refractivity contribution is 9.10. The van der Waals surface area contributed by atoms with Crippen molar-refractivity contribution >= 4 is 67.6 Å². The van der Waals surface area contributed by atoms with Crippen LogP contribution in [0.1, 0.15) is 10.4 Å². The Hall–Kier alpha value is -1.16. The van der Waals surface area contributed by atoms with Gasteiger partial charge in [0.2, 0.25) is 5.13 Å². The van der Waals surface area contributed by atoms with Crippen LogP contribution in [0.5, 0.6) is 0 Å². The number of carbonyl (C=O) groups is 2. The number of nitrogens with zero attached hydrogens (tertiary/aromatic N) is 2. The largest absolute Gasteiger partial charge is 0.481 e. The molecular formula is C11H7BrClN3O3S2. The summed E-state index contributed by atoms with van der Waals surface area (Å²) in [6.07, 6.45) is 0. The molecule has 110 valence electrons. The number of carboxylic acid groups (broad SMARTS) is 1. The molecule has 10 heteroatoms. The topological polar surface area (TPSA) is 92.2 Å². The molecule has 0 aliphatic carbocycles. The van der Waals surface area contributed by atoms with Crippen molar-refractivity contribution in [1.29, 1.82) is 0 Å². The zero-order valence-electron chi connectivity index (χ0n) is 10.2. The molecule has 1 amide bonds. The normalized spacial score (nSPS) is 10.4. The molecule has 1 aromatic heterocycles. The molecule has 21 heavy (non-hydrogen) atoms. The van der Waals surface area contributed by atoms with Crippen LogP contribution in [-0.2, 0) is 4.79 Å². The molecule has 0 saturated heterocycles. The fraction of sp³-hybridized carbons (Fsp3) is 0.0909. The molecule has 0 fully saturated rings. The summed E-state index contributed by atoms with van der Waals surface area (Å²) in [6, 6.07) is 4.79. The number of hydrogen-bond acceptors (Lipinski definition) is 6. The summed E-state index contributed by atoms with van der Waals surface area (Å²) in [4.78, 5) is 22.5. The van der Waals surface area contributed by atoms with Crippen LogP contribution in [0.25, 0.3) is 0 Å². The highest BCUT2D eigenvalue weighted by Crippen LogP contribution is 2.27. The monoisotopic (exact) mass is 407 g/mol. The molecule has 0 saturated carbocycles. The Labute approximate surface area is 141 Å². The minimum atomic E-state index is -0.938. The molecule has 0 radical (unpaired) electrons. The number of halogens is 2. The van der Waals surface area contributed by atoms with Gasteiger partial charge >= 0.3 is 5.97 Å². The van der Waals surface area contributed by atoms with Gasteiger partial charge in [0.25, 0.3) is 5.91 Å². The van der Waals surface area contributed by atoms with Gasteiger partial charge in [-0.1, -0.05) is 34.7 Å². The molecule has 2 rings (SSSR count). The minimum Gasteiger partial charge on any atom is -0.481 e. The number of aliphatic carboxylic acids is 1. The van der Waals surface area contributed by atoms with Crippen LogP contribution in [0.4, 0.5) is 5.13 Å². The second kappa shape index (κ2) is 7.21. The van der Waals surface area contributed by atoms with E-state index in [1.807, 2.05) is 0 Å². The SMILES string of the molecule is O=C(O)CSc1nnc(NC(=O)c2ccc(Cl)c(Br)c2)s1. The van der Waals surface area contributed by atoms with Crippen molar-refractivity contribution in [3.05, 3.63) is 33.3 Å². The van der Waals surface area contributed by atoms with Crippen LogP contribution in [0.2, 0.25) is 5.02 Å². The smallest absolute Gasteiger partial charge is 0.313 e. The van der Waals surface area contributed by atoms with Crippen LogP contribution in [0, 0.1) is 0 Å². The molecular weight excluding hydrogens is 402 g/mol. The second-order valence-corrected chi connectivity index (χ2v) is 7.10. The van der Waals surface area contributed by atoms with Crippen molar-refractivity contribution in [3.63, 3.8) is 0 Å². The molecule has 0 aliphatic heterocycles. The molecule has 2 aromatic rings. The number of anilines is 1. The molecule has 1 heterocycles. The van der Waals surface area contributed by atoms with Gasteiger partial charge in [0, 0.05) is 10.0 Å². The van der Waals surface area contributed by atoms with Crippen molar-refractivity contribution in [3.8, 4) is 0 Å². The van der Waals surface area contributed by atoms with Crippen molar-refractivity contribution in [2.24, 2.45) is 0 Å². The molecule has 1 aromatic carbocycles. The maximum atomic E-state index is 12.0. The summed E-state index contributed by atoms with van der Waals surface area (Å²) in [6.45, 7) is 0. The van der Waals surface area contributed by atoms with Crippen LogP contribution in [-0.4, -0.2) is 32.9 Å².